The summed E-state index contributed by atoms with van der Waals surface area (Å²) in [5, 5.41) is 29.8. The normalized spacial score (nSPS) is 14.8. The molecule has 1 rings (SSSR count). The average molecular weight is 197 g/mol. The minimum Gasteiger partial charge on any atom is -0.394 e. The Morgan fingerprint density at radius 1 is 1.21 bits per heavy atom. The van der Waals surface area contributed by atoms with E-state index in [1.54, 1.807) is 0 Å². The molecule has 0 aliphatic carbocycles. The summed E-state index contributed by atoms with van der Waals surface area (Å²) in [6, 6.07) is 5.80. The van der Waals surface area contributed by atoms with Crippen molar-refractivity contribution in [1.29, 1.82) is 0 Å². The summed E-state index contributed by atoms with van der Waals surface area (Å²) in [5.41, 5.74) is 0.679. The van der Waals surface area contributed by atoms with Crippen LogP contribution in [0.15, 0.2) is 29.4 Å². The standard InChI is InChI=1S/C9H11NO4/c11-5-8(12)9(13)6-1-3-7(10-14)4-2-6/h1-4,8-9,11-13H,5H2. The number of nitroso groups, excluding NO2 is 1. The molecular weight excluding hydrogens is 186 g/mol. The van der Waals surface area contributed by atoms with E-state index < -0.39 is 18.8 Å². The van der Waals surface area contributed by atoms with E-state index in [4.69, 9.17) is 10.2 Å². The molecule has 14 heavy (non-hydrogen) atoms. The first-order chi connectivity index (χ1) is 6.69. The maximum absolute atomic E-state index is 10.1. The van der Waals surface area contributed by atoms with Crippen LogP contribution in [-0.4, -0.2) is 28.0 Å². The fourth-order valence-corrected chi connectivity index (χ4v) is 1.05. The zero-order valence-corrected chi connectivity index (χ0v) is 7.37. The summed E-state index contributed by atoms with van der Waals surface area (Å²) in [6.07, 6.45) is -2.37. The molecule has 0 amide bonds. The van der Waals surface area contributed by atoms with E-state index in [1.807, 2.05) is 0 Å². The maximum atomic E-state index is 10.1. The Kier molecular flexibility index (Phi) is 3.70. The van der Waals surface area contributed by atoms with E-state index in [2.05, 4.69) is 5.18 Å². The highest BCUT2D eigenvalue weighted by atomic mass is 16.4. The van der Waals surface area contributed by atoms with Crippen LogP contribution in [-0.2, 0) is 0 Å². The molecule has 0 fully saturated rings. The van der Waals surface area contributed by atoms with Gasteiger partial charge in [0.1, 0.15) is 17.9 Å². The Morgan fingerprint density at radius 2 is 1.79 bits per heavy atom. The topological polar surface area (TPSA) is 90.1 Å². The Balaban J connectivity index is 2.80. The molecule has 0 aliphatic rings. The maximum Gasteiger partial charge on any atom is 0.108 e. The smallest absolute Gasteiger partial charge is 0.108 e. The van der Waals surface area contributed by atoms with E-state index in [0.717, 1.165) is 0 Å². The average Bonchev–Trinajstić information content (AvgIpc) is 2.27. The van der Waals surface area contributed by atoms with Crippen molar-refractivity contribution >= 4 is 5.69 Å². The minimum atomic E-state index is -1.22. The molecule has 1 aromatic rings. The van der Waals surface area contributed by atoms with Gasteiger partial charge in [0.2, 0.25) is 0 Å². The SMILES string of the molecule is O=Nc1ccc(C(O)C(O)CO)cc1. The van der Waals surface area contributed by atoms with Gasteiger partial charge in [0, 0.05) is 0 Å². The van der Waals surface area contributed by atoms with Crippen molar-refractivity contribution in [2.45, 2.75) is 12.2 Å². The van der Waals surface area contributed by atoms with Crippen molar-refractivity contribution in [2.75, 3.05) is 6.61 Å². The second-order valence-corrected chi connectivity index (χ2v) is 2.88. The number of aliphatic hydroxyl groups excluding tert-OH is 3. The molecule has 0 spiro atoms. The number of nitrogens with zero attached hydrogens (tertiary/aromatic N) is 1. The lowest BCUT2D eigenvalue weighted by Gasteiger charge is -2.15. The van der Waals surface area contributed by atoms with E-state index in [-0.39, 0.29) is 5.69 Å². The fraction of sp³-hybridized carbons (Fsp3) is 0.333. The fourth-order valence-electron chi connectivity index (χ4n) is 1.05. The Labute approximate surface area is 80.6 Å². The third-order valence-corrected chi connectivity index (χ3v) is 1.89. The second kappa shape index (κ2) is 4.80. The molecule has 76 valence electrons. The van der Waals surface area contributed by atoms with Crippen LogP contribution in [0, 0.1) is 4.91 Å². The monoisotopic (exact) mass is 197 g/mol. The summed E-state index contributed by atoms with van der Waals surface area (Å²) in [4.78, 5) is 10.1. The van der Waals surface area contributed by atoms with Gasteiger partial charge in [-0.05, 0) is 22.9 Å². The zero-order valence-electron chi connectivity index (χ0n) is 7.37. The van der Waals surface area contributed by atoms with Crippen LogP contribution in [0.1, 0.15) is 11.7 Å². The van der Waals surface area contributed by atoms with Crippen LogP contribution in [0.25, 0.3) is 0 Å². The molecule has 0 radical (unpaired) electrons. The summed E-state index contributed by atoms with van der Waals surface area (Å²) in [7, 11) is 0. The lowest BCUT2D eigenvalue weighted by atomic mass is 10.0. The predicted molar refractivity (Wildman–Crippen MR) is 49.9 cm³/mol. The molecule has 0 aliphatic heterocycles. The van der Waals surface area contributed by atoms with E-state index >= 15 is 0 Å². The minimum absolute atomic E-state index is 0.249. The Hall–Kier alpha value is -1.30. The van der Waals surface area contributed by atoms with Gasteiger partial charge in [-0.25, -0.2) is 0 Å². The van der Waals surface area contributed by atoms with Crippen molar-refractivity contribution in [1.82, 2.24) is 0 Å². The van der Waals surface area contributed by atoms with Gasteiger partial charge in [-0.3, -0.25) is 0 Å². The molecule has 0 heterocycles. The summed E-state index contributed by atoms with van der Waals surface area (Å²) >= 11 is 0. The highest BCUT2D eigenvalue weighted by molar-refractivity contribution is 5.39. The van der Waals surface area contributed by atoms with Gasteiger partial charge in [0.25, 0.3) is 0 Å². The largest absolute Gasteiger partial charge is 0.394 e. The van der Waals surface area contributed by atoms with Crippen molar-refractivity contribution in [2.24, 2.45) is 5.18 Å². The molecule has 2 atom stereocenters. The molecule has 0 aromatic heterocycles. The molecule has 5 nitrogen and oxygen atoms in total. The van der Waals surface area contributed by atoms with Gasteiger partial charge >= 0.3 is 0 Å². The molecule has 0 saturated heterocycles. The zero-order chi connectivity index (χ0) is 10.6. The highest BCUT2D eigenvalue weighted by Gasteiger charge is 2.16. The third-order valence-electron chi connectivity index (χ3n) is 1.89. The van der Waals surface area contributed by atoms with Crippen LogP contribution >= 0.6 is 0 Å². The number of aliphatic hydroxyl groups is 3. The van der Waals surface area contributed by atoms with Crippen LogP contribution in [0.5, 0.6) is 0 Å². The van der Waals surface area contributed by atoms with Crippen molar-refractivity contribution < 1.29 is 15.3 Å². The molecule has 0 saturated carbocycles. The molecular formula is C9H11NO4. The van der Waals surface area contributed by atoms with E-state index in [9.17, 15) is 10.0 Å². The van der Waals surface area contributed by atoms with Crippen molar-refractivity contribution in [3.05, 3.63) is 34.7 Å². The molecule has 5 heteroatoms. The lowest BCUT2D eigenvalue weighted by molar-refractivity contribution is -0.0152. The predicted octanol–water partition coefficient (Wildman–Crippen LogP) is 0.471. The molecule has 2 unspecified atom stereocenters. The highest BCUT2D eigenvalue weighted by Crippen LogP contribution is 2.20. The summed E-state index contributed by atoms with van der Waals surface area (Å²) < 4.78 is 0. The second-order valence-electron chi connectivity index (χ2n) is 2.88. The van der Waals surface area contributed by atoms with Crippen molar-refractivity contribution in [3.8, 4) is 0 Å². The van der Waals surface area contributed by atoms with Crippen LogP contribution < -0.4 is 0 Å². The lowest BCUT2D eigenvalue weighted by Crippen LogP contribution is -2.21. The number of hydrogen-bond acceptors (Lipinski definition) is 5. The molecule has 1 aromatic carbocycles. The van der Waals surface area contributed by atoms with Crippen LogP contribution in [0.3, 0.4) is 0 Å². The van der Waals surface area contributed by atoms with Gasteiger partial charge in [-0.2, -0.15) is 0 Å². The van der Waals surface area contributed by atoms with Gasteiger partial charge in [-0.15, -0.1) is 4.91 Å². The van der Waals surface area contributed by atoms with Gasteiger partial charge in [0.15, 0.2) is 0 Å². The van der Waals surface area contributed by atoms with Gasteiger partial charge in [0.05, 0.1) is 6.61 Å². The summed E-state index contributed by atoms with van der Waals surface area (Å²) in [6.45, 7) is -0.519. The number of hydrogen-bond donors (Lipinski definition) is 3. The van der Waals surface area contributed by atoms with E-state index in [0.29, 0.717) is 5.56 Å². The van der Waals surface area contributed by atoms with Crippen LogP contribution in [0.4, 0.5) is 5.69 Å². The van der Waals surface area contributed by atoms with Gasteiger partial charge in [-0.1, -0.05) is 12.1 Å². The van der Waals surface area contributed by atoms with Gasteiger partial charge < -0.3 is 15.3 Å². The van der Waals surface area contributed by atoms with Crippen molar-refractivity contribution in [3.63, 3.8) is 0 Å². The first-order valence-electron chi connectivity index (χ1n) is 4.09. The molecule has 3 N–H and O–H groups in total. The molecule has 0 bridgehead atoms. The first kappa shape index (κ1) is 10.8. The third kappa shape index (κ3) is 2.35. The Morgan fingerprint density at radius 3 is 2.21 bits per heavy atom. The van der Waals surface area contributed by atoms with E-state index in [1.165, 1.54) is 24.3 Å². The Bertz CT molecular complexity index is 298. The van der Waals surface area contributed by atoms with Crippen LogP contribution in [0.2, 0.25) is 0 Å². The number of benzene rings is 1. The quantitative estimate of drug-likeness (QED) is 0.612. The summed E-state index contributed by atoms with van der Waals surface area (Å²) in [5.74, 6) is 0. The first-order valence-corrected chi connectivity index (χ1v) is 4.09. The number of rotatable bonds is 4.